The van der Waals surface area contributed by atoms with Gasteiger partial charge in [0.15, 0.2) is 5.69 Å². The topological polar surface area (TPSA) is 87.5 Å². The van der Waals surface area contributed by atoms with Gasteiger partial charge in [0.1, 0.15) is 0 Å². The number of carbonyl (C=O) groups is 2. The number of benzene rings is 1. The predicted molar refractivity (Wildman–Crippen MR) is 87.8 cm³/mol. The molecule has 0 radical (unpaired) electrons. The van der Waals surface area contributed by atoms with Gasteiger partial charge in [0.2, 0.25) is 0 Å². The summed E-state index contributed by atoms with van der Waals surface area (Å²) in [5, 5.41) is 16.2. The van der Waals surface area contributed by atoms with Gasteiger partial charge in [-0.25, -0.2) is 9.59 Å². The largest absolute Gasteiger partial charge is 0.476 e. The second-order valence-electron chi connectivity index (χ2n) is 5.84. The lowest BCUT2D eigenvalue weighted by molar-refractivity contribution is 0.0688. The van der Waals surface area contributed by atoms with Gasteiger partial charge in [0.25, 0.3) is 0 Å². The molecule has 3 rings (SSSR count). The first-order chi connectivity index (χ1) is 11.6. The summed E-state index contributed by atoms with van der Waals surface area (Å²) < 4.78 is 1.56. The molecular weight excluding hydrogens is 308 g/mol. The van der Waals surface area contributed by atoms with Gasteiger partial charge in [0, 0.05) is 25.7 Å². The minimum atomic E-state index is -1.02. The van der Waals surface area contributed by atoms with Crippen LogP contribution in [0.5, 0.6) is 0 Å². The van der Waals surface area contributed by atoms with Gasteiger partial charge >= 0.3 is 12.0 Å². The smallest absolute Gasteiger partial charge is 0.356 e. The van der Waals surface area contributed by atoms with E-state index in [0.29, 0.717) is 26.1 Å². The Bertz CT molecular complexity index is 755. The van der Waals surface area contributed by atoms with E-state index in [1.165, 1.54) is 5.56 Å². The van der Waals surface area contributed by atoms with Gasteiger partial charge in [-0.1, -0.05) is 30.3 Å². The van der Waals surface area contributed by atoms with E-state index < -0.39 is 5.97 Å². The average molecular weight is 328 g/mol. The number of aromatic carboxylic acids is 1. The number of nitrogens with zero attached hydrogens (tertiary/aromatic N) is 3. The summed E-state index contributed by atoms with van der Waals surface area (Å²) in [6.07, 6.45) is 1.29. The van der Waals surface area contributed by atoms with E-state index in [9.17, 15) is 14.7 Å². The predicted octanol–water partition coefficient (Wildman–Crippen LogP) is 1.43. The highest BCUT2D eigenvalue weighted by atomic mass is 16.4. The van der Waals surface area contributed by atoms with Crippen LogP contribution in [0.3, 0.4) is 0 Å². The van der Waals surface area contributed by atoms with Crippen molar-refractivity contribution in [2.75, 3.05) is 13.1 Å². The van der Waals surface area contributed by atoms with Gasteiger partial charge in [-0.2, -0.15) is 5.10 Å². The van der Waals surface area contributed by atoms with E-state index in [1.807, 2.05) is 30.3 Å². The maximum absolute atomic E-state index is 12.3. The fourth-order valence-electron chi connectivity index (χ4n) is 2.99. The highest BCUT2D eigenvalue weighted by Crippen LogP contribution is 2.22. The number of aromatic nitrogens is 2. The Morgan fingerprint density at radius 1 is 1.29 bits per heavy atom. The number of fused-ring (bicyclic) bond motifs is 1. The summed E-state index contributed by atoms with van der Waals surface area (Å²) in [6, 6.07) is 9.85. The molecule has 1 aromatic carbocycles. The Balaban J connectivity index is 1.59. The average Bonchev–Trinajstić information content (AvgIpc) is 2.92. The number of carbonyl (C=O) groups excluding carboxylic acids is 1. The lowest BCUT2D eigenvalue weighted by Crippen LogP contribution is -2.43. The zero-order valence-corrected chi connectivity index (χ0v) is 13.5. The number of amides is 2. The highest BCUT2D eigenvalue weighted by Gasteiger charge is 2.28. The maximum atomic E-state index is 12.3. The van der Waals surface area contributed by atoms with Crippen molar-refractivity contribution in [1.82, 2.24) is 20.0 Å². The molecule has 0 spiro atoms. The molecule has 7 heteroatoms. The minimum absolute atomic E-state index is 0.0941. The van der Waals surface area contributed by atoms with Crippen LogP contribution in [0.2, 0.25) is 0 Å². The van der Waals surface area contributed by atoms with E-state index in [2.05, 4.69) is 10.4 Å². The molecule has 1 aliphatic rings. The number of aryl methyl sites for hydroxylation is 1. The molecule has 0 saturated heterocycles. The third-order valence-corrected chi connectivity index (χ3v) is 4.27. The molecule has 0 saturated carbocycles. The monoisotopic (exact) mass is 328 g/mol. The van der Waals surface area contributed by atoms with E-state index in [4.69, 9.17) is 0 Å². The standard InChI is InChI=1S/C17H20N4O3/c1-20-14-11-21(10-8-13(14)15(19-20)16(22)23)17(24)18-9-7-12-5-3-2-4-6-12/h2-6H,7-11H2,1H3,(H,18,24)(H,22,23). The third-order valence-electron chi connectivity index (χ3n) is 4.27. The van der Waals surface area contributed by atoms with Crippen molar-refractivity contribution < 1.29 is 14.7 Å². The molecule has 0 unspecified atom stereocenters. The molecule has 0 atom stereocenters. The van der Waals surface area contributed by atoms with E-state index in [-0.39, 0.29) is 11.7 Å². The van der Waals surface area contributed by atoms with Gasteiger partial charge in [-0.3, -0.25) is 4.68 Å². The molecule has 1 aliphatic heterocycles. The van der Waals surface area contributed by atoms with Crippen LogP contribution >= 0.6 is 0 Å². The normalized spacial score (nSPS) is 13.5. The third kappa shape index (κ3) is 3.24. The number of urea groups is 1. The van der Waals surface area contributed by atoms with Gasteiger partial charge in [0.05, 0.1) is 12.2 Å². The number of rotatable bonds is 4. The lowest BCUT2D eigenvalue weighted by atomic mass is 10.0. The summed E-state index contributed by atoms with van der Waals surface area (Å²) >= 11 is 0. The van der Waals surface area contributed by atoms with Gasteiger partial charge < -0.3 is 15.3 Å². The van der Waals surface area contributed by atoms with Crippen molar-refractivity contribution in [1.29, 1.82) is 0 Å². The number of carboxylic acid groups (broad SMARTS) is 1. The molecule has 0 aliphatic carbocycles. The number of carboxylic acids is 1. The molecule has 24 heavy (non-hydrogen) atoms. The number of hydrogen-bond donors (Lipinski definition) is 2. The molecule has 1 aromatic heterocycles. The molecule has 7 nitrogen and oxygen atoms in total. The van der Waals surface area contributed by atoms with Crippen LogP contribution in [0.4, 0.5) is 4.79 Å². The first-order valence-electron chi connectivity index (χ1n) is 7.91. The van der Waals surface area contributed by atoms with Crippen molar-refractivity contribution >= 4 is 12.0 Å². The van der Waals surface area contributed by atoms with Crippen LogP contribution in [-0.4, -0.2) is 44.9 Å². The number of hydrogen-bond acceptors (Lipinski definition) is 3. The van der Waals surface area contributed by atoms with E-state index >= 15 is 0 Å². The van der Waals surface area contributed by atoms with Crippen LogP contribution in [0.1, 0.15) is 27.3 Å². The quantitative estimate of drug-likeness (QED) is 0.889. The molecular formula is C17H20N4O3. The summed E-state index contributed by atoms with van der Waals surface area (Å²) in [5.41, 5.74) is 2.79. The molecule has 0 bridgehead atoms. The van der Waals surface area contributed by atoms with Crippen LogP contribution in [0.25, 0.3) is 0 Å². The van der Waals surface area contributed by atoms with Crippen LogP contribution < -0.4 is 5.32 Å². The molecule has 0 fully saturated rings. The zero-order valence-electron chi connectivity index (χ0n) is 13.5. The Kier molecular flexibility index (Phi) is 4.50. The highest BCUT2D eigenvalue weighted by molar-refractivity contribution is 5.87. The van der Waals surface area contributed by atoms with Crippen molar-refractivity contribution in [2.24, 2.45) is 7.05 Å². The maximum Gasteiger partial charge on any atom is 0.356 e. The fraction of sp³-hybridized carbons (Fsp3) is 0.353. The summed E-state index contributed by atoms with van der Waals surface area (Å²) in [7, 11) is 1.71. The Morgan fingerprint density at radius 3 is 2.75 bits per heavy atom. The molecule has 2 aromatic rings. The Hall–Kier alpha value is -2.83. The fourth-order valence-corrected chi connectivity index (χ4v) is 2.99. The minimum Gasteiger partial charge on any atom is -0.476 e. The SMILES string of the molecule is Cn1nc(C(=O)O)c2c1CN(C(=O)NCCc1ccccc1)CC2. The zero-order chi connectivity index (χ0) is 17.1. The van der Waals surface area contributed by atoms with E-state index in [1.54, 1.807) is 16.6 Å². The summed E-state index contributed by atoms with van der Waals surface area (Å²) in [4.78, 5) is 25.2. The van der Waals surface area contributed by atoms with Crippen molar-refractivity contribution in [3.05, 3.63) is 52.8 Å². The van der Waals surface area contributed by atoms with Crippen molar-refractivity contribution in [2.45, 2.75) is 19.4 Å². The van der Waals surface area contributed by atoms with Crippen LogP contribution in [0.15, 0.2) is 30.3 Å². The molecule has 126 valence electrons. The Labute approximate surface area is 139 Å². The van der Waals surface area contributed by atoms with E-state index in [0.717, 1.165) is 17.7 Å². The number of nitrogens with one attached hydrogen (secondary N) is 1. The van der Waals surface area contributed by atoms with Gasteiger partial charge in [-0.05, 0) is 18.4 Å². The molecule has 2 heterocycles. The van der Waals surface area contributed by atoms with Gasteiger partial charge in [-0.15, -0.1) is 0 Å². The van der Waals surface area contributed by atoms with Crippen LogP contribution in [0, 0.1) is 0 Å². The Morgan fingerprint density at radius 2 is 2.04 bits per heavy atom. The molecule has 2 N–H and O–H groups in total. The lowest BCUT2D eigenvalue weighted by Gasteiger charge is -2.27. The first-order valence-corrected chi connectivity index (χ1v) is 7.91. The first kappa shape index (κ1) is 16.0. The summed E-state index contributed by atoms with van der Waals surface area (Å²) in [6.45, 7) is 1.44. The van der Waals surface area contributed by atoms with Crippen molar-refractivity contribution in [3.8, 4) is 0 Å². The second kappa shape index (κ2) is 6.74. The molecule has 2 amide bonds. The van der Waals surface area contributed by atoms with Crippen LogP contribution in [-0.2, 0) is 26.4 Å². The summed E-state index contributed by atoms with van der Waals surface area (Å²) in [5.74, 6) is -1.02. The van der Waals surface area contributed by atoms with Crippen molar-refractivity contribution in [3.63, 3.8) is 0 Å². The second-order valence-corrected chi connectivity index (χ2v) is 5.84.